The molecule has 1 aliphatic heterocycles. The lowest BCUT2D eigenvalue weighted by Crippen LogP contribution is -2.29. The summed E-state index contributed by atoms with van der Waals surface area (Å²) in [5.74, 6) is -1.26. The number of aromatic carboxylic acids is 1. The zero-order valence-electron chi connectivity index (χ0n) is 11.8. The minimum Gasteiger partial charge on any atom is -0.478 e. The SMILES string of the molecule is Cc1ccc(NS(=O)(=O)CC2CCCOC2)c(C(=O)O)c1. The Labute approximate surface area is 124 Å². The van der Waals surface area contributed by atoms with E-state index in [1.54, 1.807) is 13.0 Å². The molecule has 0 bridgehead atoms. The Morgan fingerprint density at radius 3 is 2.86 bits per heavy atom. The van der Waals surface area contributed by atoms with Crippen molar-refractivity contribution in [2.24, 2.45) is 5.92 Å². The van der Waals surface area contributed by atoms with Gasteiger partial charge < -0.3 is 9.84 Å². The van der Waals surface area contributed by atoms with Gasteiger partial charge in [-0.2, -0.15) is 0 Å². The number of benzene rings is 1. The number of carboxylic acids is 1. The van der Waals surface area contributed by atoms with Gasteiger partial charge in [-0.25, -0.2) is 13.2 Å². The molecule has 1 unspecified atom stereocenters. The van der Waals surface area contributed by atoms with Crippen molar-refractivity contribution in [1.82, 2.24) is 0 Å². The van der Waals surface area contributed by atoms with Crippen LogP contribution in [0, 0.1) is 12.8 Å². The fourth-order valence-corrected chi connectivity index (χ4v) is 3.86. The second-order valence-corrected chi connectivity index (χ2v) is 7.09. The number of sulfonamides is 1. The monoisotopic (exact) mass is 313 g/mol. The third-order valence-corrected chi connectivity index (χ3v) is 4.82. The van der Waals surface area contributed by atoms with E-state index in [0.717, 1.165) is 18.4 Å². The van der Waals surface area contributed by atoms with Gasteiger partial charge in [0, 0.05) is 6.61 Å². The summed E-state index contributed by atoms with van der Waals surface area (Å²) in [6.45, 7) is 2.86. The van der Waals surface area contributed by atoms with Crippen molar-refractivity contribution < 1.29 is 23.1 Å². The van der Waals surface area contributed by atoms with Crippen LogP contribution in [0.25, 0.3) is 0 Å². The van der Waals surface area contributed by atoms with Crippen LogP contribution >= 0.6 is 0 Å². The highest BCUT2D eigenvalue weighted by Gasteiger charge is 2.23. The summed E-state index contributed by atoms with van der Waals surface area (Å²) in [6.07, 6.45) is 1.66. The number of carboxylic acid groups (broad SMARTS) is 1. The maximum atomic E-state index is 12.2. The minimum absolute atomic E-state index is 0.0431. The molecule has 0 amide bonds. The molecule has 0 aromatic heterocycles. The first kappa shape index (κ1) is 15.8. The number of rotatable bonds is 5. The Morgan fingerprint density at radius 1 is 1.48 bits per heavy atom. The van der Waals surface area contributed by atoms with Gasteiger partial charge in [0.2, 0.25) is 10.0 Å². The molecule has 2 N–H and O–H groups in total. The predicted molar refractivity (Wildman–Crippen MR) is 79.1 cm³/mol. The summed E-state index contributed by atoms with van der Waals surface area (Å²) in [4.78, 5) is 11.2. The molecular weight excluding hydrogens is 294 g/mol. The largest absolute Gasteiger partial charge is 0.478 e. The molecule has 1 saturated heterocycles. The van der Waals surface area contributed by atoms with E-state index < -0.39 is 16.0 Å². The minimum atomic E-state index is -3.60. The Morgan fingerprint density at radius 2 is 2.24 bits per heavy atom. The molecule has 21 heavy (non-hydrogen) atoms. The lowest BCUT2D eigenvalue weighted by atomic mass is 10.1. The number of aryl methyl sites for hydroxylation is 1. The normalized spacial score (nSPS) is 19.2. The highest BCUT2D eigenvalue weighted by molar-refractivity contribution is 7.92. The van der Waals surface area contributed by atoms with Crippen LogP contribution in [0.4, 0.5) is 5.69 Å². The molecule has 116 valence electrons. The summed E-state index contributed by atoms with van der Waals surface area (Å²) in [5, 5.41) is 9.15. The van der Waals surface area contributed by atoms with Crippen LogP contribution in [-0.4, -0.2) is 38.5 Å². The van der Waals surface area contributed by atoms with Crippen molar-refractivity contribution in [2.45, 2.75) is 19.8 Å². The molecule has 1 fully saturated rings. The van der Waals surface area contributed by atoms with Gasteiger partial charge in [0.15, 0.2) is 0 Å². The van der Waals surface area contributed by atoms with Gasteiger partial charge in [-0.05, 0) is 37.8 Å². The van der Waals surface area contributed by atoms with E-state index in [1.807, 2.05) is 0 Å². The third kappa shape index (κ3) is 4.44. The Hall–Kier alpha value is -1.60. The molecule has 2 rings (SSSR count). The first-order valence-electron chi connectivity index (χ1n) is 6.79. The van der Waals surface area contributed by atoms with Gasteiger partial charge >= 0.3 is 5.97 Å². The predicted octanol–water partition coefficient (Wildman–Crippen LogP) is 1.86. The van der Waals surface area contributed by atoms with Crippen molar-refractivity contribution in [3.05, 3.63) is 29.3 Å². The zero-order chi connectivity index (χ0) is 15.5. The molecule has 1 aromatic rings. The van der Waals surface area contributed by atoms with Crippen LogP contribution in [0.5, 0.6) is 0 Å². The van der Waals surface area contributed by atoms with E-state index >= 15 is 0 Å². The number of anilines is 1. The second-order valence-electron chi connectivity index (χ2n) is 5.32. The molecule has 1 aromatic carbocycles. The molecule has 6 nitrogen and oxygen atoms in total. The van der Waals surface area contributed by atoms with Gasteiger partial charge in [0.1, 0.15) is 0 Å². The van der Waals surface area contributed by atoms with Crippen LogP contribution in [-0.2, 0) is 14.8 Å². The van der Waals surface area contributed by atoms with Crippen molar-refractivity contribution in [3.63, 3.8) is 0 Å². The number of ether oxygens (including phenoxy) is 1. The molecule has 0 saturated carbocycles. The summed E-state index contributed by atoms with van der Waals surface area (Å²) in [5.41, 5.74) is 0.819. The highest BCUT2D eigenvalue weighted by Crippen LogP contribution is 2.21. The average molecular weight is 313 g/mol. The summed E-state index contributed by atoms with van der Waals surface area (Å²) < 4.78 is 32.0. The second kappa shape index (κ2) is 6.44. The van der Waals surface area contributed by atoms with Gasteiger partial charge in [-0.3, -0.25) is 4.72 Å². The maximum absolute atomic E-state index is 12.2. The molecule has 0 aliphatic carbocycles. The number of nitrogens with one attached hydrogen (secondary N) is 1. The average Bonchev–Trinajstić information content (AvgIpc) is 2.41. The number of hydrogen-bond acceptors (Lipinski definition) is 4. The highest BCUT2D eigenvalue weighted by atomic mass is 32.2. The van der Waals surface area contributed by atoms with Crippen LogP contribution in [0.3, 0.4) is 0 Å². The van der Waals surface area contributed by atoms with Crippen LogP contribution in [0.15, 0.2) is 18.2 Å². The summed E-state index contributed by atoms with van der Waals surface area (Å²) >= 11 is 0. The summed E-state index contributed by atoms with van der Waals surface area (Å²) in [6, 6.07) is 4.60. The van der Waals surface area contributed by atoms with Crippen molar-refractivity contribution >= 4 is 21.7 Å². The van der Waals surface area contributed by atoms with Crippen molar-refractivity contribution in [1.29, 1.82) is 0 Å². The molecule has 1 atom stereocenters. The summed E-state index contributed by atoms with van der Waals surface area (Å²) in [7, 11) is -3.60. The molecule has 0 spiro atoms. The quantitative estimate of drug-likeness (QED) is 0.865. The van der Waals surface area contributed by atoms with E-state index in [0.29, 0.717) is 13.2 Å². The lowest BCUT2D eigenvalue weighted by molar-refractivity contribution is 0.0626. The van der Waals surface area contributed by atoms with E-state index in [9.17, 15) is 13.2 Å². The van der Waals surface area contributed by atoms with Gasteiger partial charge in [-0.1, -0.05) is 11.6 Å². The van der Waals surface area contributed by atoms with E-state index in [1.165, 1.54) is 12.1 Å². The van der Waals surface area contributed by atoms with Crippen LogP contribution in [0.1, 0.15) is 28.8 Å². The van der Waals surface area contributed by atoms with Gasteiger partial charge in [0.25, 0.3) is 0 Å². The van der Waals surface area contributed by atoms with Crippen LogP contribution in [0.2, 0.25) is 0 Å². The number of carbonyl (C=O) groups is 1. The molecule has 7 heteroatoms. The van der Waals surface area contributed by atoms with Crippen LogP contribution < -0.4 is 4.72 Å². The molecular formula is C14H19NO5S. The maximum Gasteiger partial charge on any atom is 0.337 e. The van der Waals surface area contributed by atoms with Gasteiger partial charge in [-0.15, -0.1) is 0 Å². The molecule has 0 radical (unpaired) electrons. The Bertz CT molecular complexity index is 620. The van der Waals surface area contributed by atoms with Crippen molar-refractivity contribution in [3.8, 4) is 0 Å². The first-order valence-corrected chi connectivity index (χ1v) is 8.45. The number of hydrogen-bond donors (Lipinski definition) is 2. The fraction of sp³-hybridized carbons (Fsp3) is 0.500. The fourth-order valence-electron chi connectivity index (χ4n) is 2.38. The first-order chi connectivity index (χ1) is 9.87. The third-order valence-electron chi connectivity index (χ3n) is 3.38. The smallest absolute Gasteiger partial charge is 0.337 e. The van der Waals surface area contributed by atoms with Gasteiger partial charge in [0.05, 0.1) is 23.6 Å². The topological polar surface area (TPSA) is 92.7 Å². The Balaban J connectivity index is 2.14. The van der Waals surface area contributed by atoms with E-state index in [4.69, 9.17) is 9.84 Å². The zero-order valence-corrected chi connectivity index (χ0v) is 12.6. The Kier molecular flexibility index (Phi) is 4.84. The molecule has 1 heterocycles. The van der Waals surface area contributed by atoms with Crippen molar-refractivity contribution in [2.75, 3.05) is 23.7 Å². The van der Waals surface area contributed by atoms with E-state index in [-0.39, 0.29) is 22.9 Å². The van der Waals surface area contributed by atoms with E-state index in [2.05, 4.69) is 4.72 Å². The lowest BCUT2D eigenvalue weighted by Gasteiger charge is -2.22. The molecule has 1 aliphatic rings. The standard InChI is InChI=1S/C14H19NO5S/c1-10-4-5-13(12(7-10)14(16)17)15-21(18,19)9-11-3-2-6-20-8-11/h4-5,7,11,15H,2-3,6,8-9H2,1H3,(H,16,17).